The minimum atomic E-state index is -0.380. The number of anilines is 1. The molecule has 6 nitrogen and oxygen atoms in total. The third-order valence-corrected chi connectivity index (χ3v) is 4.81. The van der Waals surface area contributed by atoms with Gasteiger partial charge >= 0.3 is 5.97 Å². The standard InChI is InChI=1S/C22H21N3O3/c1-4-13-28-21(26)19-14(2)23-22-24-17-7-5-6-8-18(17)25(22)20(19)15-9-11-16(27-3)12-10-15/h4-12,20H,1,13H2,2-3H3,(H,23,24)/t20-/m0/s1. The molecule has 142 valence electrons. The highest BCUT2D eigenvalue weighted by atomic mass is 16.5. The van der Waals surface area contributed by atoms with Crippen LogP contribution in [0.25, 0.3) is 11.0 Å². The van der Waals surface area contributed by atoms with Gasteiger partial charge in [-0.3, -0.25) is 4.57 Å². The van der Waals surface area contributed by atoms with Gasteiger partial charge < -0.3 is 14.8 Å². The predicted molar refractivity (Wildman–Crippen MR) is 108 cm³/mol. The molecular weight excluding hydrogens is 354 g/mol. The molecule has 2 aromatic carbocycles. The second-order valence-electron chi connectivity index (χ2n) is 6.52. The predicted octanol–water partition coefficient (Wildman–Crippen LogP) is 4.06. The molecule has 1 atom stereocenters. The summed E-state index contributed by atoms with van der Waals surface area (Å²) in [6.07, 6.45) is 1.56. The van der Waals surface area contributed by atoms with Gasteiger partial charge in [-0.15, -0.1) is 0 Å². The number of fused-ring (bicyclic) bond motifs is 3. The van der Waals surface area contributed by atoms with E-state index in [1.54, 1.807) is 13.2 Å². The van der Waals surface area contributed by atoms with Gasteiger partial charge in [-0.25, -0.2) is 9.78 Å². The van der Waals surface area contributed by atoms with Crippen molar-refractivity contribution in [1.29, 1.82) is 0 Å². The number of methoxy groups -OCH3 is 1. The summed E-state index contributed by atoms with van der Waals surface area (Å²) < 4.78 is 12.7. The van der Waals surface area contributed by atoms with Crippen LogP contribution in [0.4, 0.5) is 5.95 Å². The third-order valence-electron chi connectivity index (χ3n) is 4.81. The Morgan fingerprint density at radius 1 is 1.25 bits per heavy atom. The molecule has 4 rings (SSSR count). The lowest BCUT2D eigenvalue weighted by atomic mass is 9.95. The molecule has 0 saturated carbocycles. The maximum atomic E-state index is 12.9. The summed E-state index contributed by atoms with van der Waals surface area (Å²) in [5.41, 5.74) is 4.00. The van der Waals surface area contributed by atoms with Crippen LogP contribution in [0.5, 0.6) is 5.75 Å². The number of ether oxygens (including phenoxy) is 2. The Hall–Kier alpha value is -3.54. The summed E-state index contributed by atoms with van der Waals surface area (Å²) in [7, 11) is 1.63. The quantitative estimate of drug-likeness (QED) is 0.538. The highest BCUT2D eigenvalue weighted by molar-refractivity contribution is 5.94. The van der Waals surface area contributed by atoms with E-state index in [0.717, 1.165) is 28.0 Å². The number of carbonyl (C=O) groups excluding carboxylic acids is 1. The Morgan fingerprint density at radius 3 is 2.71 bits per heavy atom. The number of aromatic nitrogens is 2. The van der Waals surface area contributed by atoms with Crippen LogP contribution in [0.3, 0.4) is 0 Å². The second-order valence-corrected chi connectivity index (χ2v) is 6.52. The van der Waals surface area contributed by atoms with Gasteiger partial charge in [0, 0.05) is 5.70 Å². The zero-order valence-electron chi connectivity index (χ0n) is 15.8. The van der Waals surface area contributed by atoms with Crippen molar-refractivity contribution in [2.75, 3.05) is 19.0 Å². The molecule has 1 aliphatic rings. The Morgan fingerprint density at radius 2 is 2.00 bits per heavy atom. The zero-order valence-corrected chi connectivity index (χ0v) is 15.8. The van der Waals surface area contributed by atoms with Crippen LogP contribution in [0.15, 0.2) is 72.5 Å². The van der Waals surface area contributed by atoms with Gasteiger partial charge in [-0.1, -0.05) is 36.9 Å². The van der Waals surface area contributed by atoms with Crippen LogP contribution in [0.1, 0.15) is 18.5 Å². The SMILES string of the molecule is C=CCOC(=O)C1=C(C)Nc2nc3ccccc3n2[C@H]1c1ccc(OC)cc1. The summed E-state index contributed by atoms with van der Waals surface area (Å²) in [6, 6.07) is 15.2. The van der Waals surface area contributed by atoms with Crippen molar-refractivity contribution in [2.45, 2.75) is 13.0 Å². The topological polar surface area (TPSA) is 65.4 Å². The fourth-order valence-corrected chi connectivity index (χ4v) is 3.54. The molecule has 2 heterocycles. The summed E-state index contributed by atoms with van der Waals surface area (Å²) in [5.74, 6) is 1.07. The van der Waals surface area contributed by atoms with E-state index in [0.29, 0.717) is 11.5 Å². The zero-order chi connectivity index (χ0) is 19.7. The number of imidazole rings is 1. The molecular formula is C22H21N3O3. The van der Waals surface area contributed by atoms with E-state index < -0.39 is 0 Å². The molecule has 3 aromatic rings. The molecule has 0 spiro atoms. The fourth-order valence-electron chi connectivity index (χ4n) is 3.54. The number of benzene rings is 2. The average Bonchev–Trinajstić information content (AvgIpc) is 3.09. The number of nitrogens with one attached hydrogen (secondary N) is 1. The number of nitrogens with zero attached hydrogens (tertiary/aromatic N) is 2. The second kappa shape index (κ2) is 7.23. The molecule has 6 heteroatoms. The van der Waals surface area contributed by atoms with Crippen LogP contribution in [-0.2, 0) is 9.53 Å². The van der Waals surface area contributed by atoms with E-state index >= 15 is 0 Å². The molecule has 0 unspecified atom stereocenters. The van der Waals surface area contributed by atoms with Gasteiger partial charge in [-0.2, -0.15) is 0 Å². The number of rotatable bonds is 5. The summed E-state index contributed by atoms with van der Waals surface area (Å²) in [5, 5.41) is 3.26. The number of para-hydroxylation sites is 2. The molecule has 0 fully saturated rings. The van der Waals surface area contributed by atoms with E-state index in [9.17, 15) is 4.79 Å². The van der Waals surface area contributed by atoms with Gasteiger partial charge in [0.15, 0.2) is 0 Å². The maximum absolute atomic E-state index is 12.9. The van der Waals surface area contributed by atoms with Crippen molar-refractivity contribution >= 4 is 23.0 Å². The molecule has 0 aliphatic carbocycles. The van der Waals surface area contributed by atoms with E-state index in [1.165, 1.54) is 0 Å². The monoisotopic (exact) mass is 375 g/mol. The first kappa shape index (κ1) is 17.9. The van der Waals surface area contributed by atoms with Gasteiger partial charge in [0.25, 0.3) is 0 Å². The number of esters is 1. The third kappa shape index (κ3) is 2.93. The van der Waals surface area contributed by atoms with E-state index in [4.69, 9.17) is 14.5 Å². The highest BCUT2D eigenvalue weighted by Gasteiger charge is 2.34. The minimum Gasteiger partial charge on any atom is -0.497 e. The first-order chi connectivity index (χ1) is 13.6. The Bertz CT molecular complexity index is 1080. The van der Waals surface area contributed by atoms with Crippen molar-refractivity contribution in [1.82, 2.24) is 9.55 Å². The fraction of sp³-hybridized carbons (Fsp3) is 0.182. The Labute approximate surface area is 163 Å². The highest BCUT2D eigenvalue weighted by Crippen LogP contribution is 2.39. The lowest BCUT2D eigenvalue weighted by Gasteiger charge is -2.30. The van der Waals surface area contributed by atoms with E-state index in [2.05, 4.69) is 11.9 Å². The lowest BCUT2D eigenvalue weighted by Crippen LogP contribution is -2.29. The molecule has 0 bridgehead atoms. The van der Waals surface area contributed by atoms with Crippen LogP contribution >= 0.6 is 0 Å². The van der Waals surface area contributed by atoms with Crippen molar-refractivity contribution in [3.8, 4) is 5.75 Å². The van der Waals surface area contributed by atoms with Crippen molar-refractivity contribution in [3.63, 3.8) is 0 Å². The van der Waals surface area contributed by atoms with Gasteiger partial charge in [0.05, 0.1) is 29.8 Å². The first-order valence-corrected chi connectivity index (χ1v) is 9.00. The Kier molecular flexibility index (Phi) is 4.61. The maximum Gasteiger partial charge on any atom is 0.338 e. The normalized spacial score (nSPS) is 15.7. The van der Waals surface area contributed by atoms with Gasteiger partial charge in [-0.05, 0) is 36.8 Å². The summed E-state index contributed by atoms with van der Waals surface area (Å²) in [4.78, 5) is 17.6. The summed E-state index contributed by atoms with van der Waals surface area (Å²) in [6.45, 7) is 5.64. The van der Waals surface area contributed by atoms with Crippen molar-refractivity contribution < 1.29 is 14.3 Å². The van der Waals surface area contributed by atoms with Crippen LogP contribution in [-0.4, -0.2) is 29.2 Å². The number of hydrogen-bond acceptors (Lipinski definition) is 5. The van der Waals surface area contributed by atoms with Crippen LogP contribution < -0.4 is 10.1 Å². The van der Waals surface area contributed by atoms with E-state index in [-0.39, 0.29) is 18.6 Å². The molecule has 0 saturated heterocycles. The minimum absolute atomic E-state index is 0.155. The Balaban J connectivity index is 1.91. The molecule has 0 amide bonds. The number of allylic oxidation sites excluding steroid dienone is 1. The molecule has 1 aliphatic heterocycles. The lowest BCUT2D eigenvalue weighted by molar-refractivity contribution is -0.138. The van der Waals surface area contributed by atoms with Crippen molar-refractivity contribution in [3.05, 3.63) is 78.0 Å². The first-order valence-electron chi connectivity index (χ1n) is 9.00. The molecule has 0 radical (unpaired) electrons. The van der Waals surface area contributed by atoms with Gasteiger partial charge in [0.2, 0.25) is 5.95 Å². The largest absolute Gasteiger partial charge is 0.497 e. The molecule has 28 heavy (non-hydrogen) atoms. The average molecular weight is 375 g/mol. The number of carbonyl (C=O) groups is 1. The molecule has 1 aromatic heterocycles. The van der Waals surface area contributed by atoms with Crippen LogP contribution in [0, 0.1) is 0 Å². The summed E-state index contributed by atoms with van der Waals surface area (Å²) >= 11 is 0. The van der Waals surface area contributed by atoms with Crippen molar-refractivity contribution in [2.24, 2.45) is 0 Å². The molecule has 1 N–H and O–H groups in total. The number of hydrogen-bond donors (Lipinski definition) is 1. The van der Waals surface area contributed by atoms with Gasteiger partial charge in [0.1, 0.15) is 12.4 Å². The van der Waals surface area contributed by atoms with Crippen LogP contribution in [0.2, 0.25) is 0 Å². The smallest absolute Gasteiger partial charge is 0.338 e. The van der Waals surface area contributed by atoms with E-state index in [1.807, 2.05) is 60.0 Å².